The Balaban J connectivity index is 1.34. The number of benzene rings is 2. The quantitative estimate of drug-likeness (QED) is 0.479. The van der Waals surface area contributed by atoms with Crippen molar-refractivity contribution in [3.8, 4) is 5.75 Å². The average Bonchev–Trinajstić information content (AvgIpc) is 3.42. The monoisotopic (exact) mass is 408 g/mol. The van der Waals surface area contributed by atoms with Crippen LogP contribution in [0.2, 0.25) is 0 Å². The standard InChI is InChI=1S/C23H24N2O5/c1-27-20-5-2-17(3-6-20)12-28-15-21(11-25-9-8-24-16-25)29-13-18-4-7-22-19(10-18)14-30-23(22)26/h2-10,16,21H,11-15H2,1H3. The number of ether oxygens (including phenoxy) is 4. The smallest absolute Gasteiger partial charge is 0.338 e. The minimum Gasteiger partial charge on any atom is -0.497 e. The van der Waals surface area contributed by atoms with Crippen LogP contribution < -0.4 is 4.74 Å². The van der Waals surface area contributed by atoms with E-state index in [9.17, 15) is 4.79 Å². The number of nitrogens with zero attached hydrogens (tertiary/aromatic N) is 2. The summed E-state index contributed by atoms with van der Waals surface area (Å²) in [6.45, 7) is 2.32. The van der Waals surface area contributed by atoms with Gasteiger partial charge >= 0.3 is 5.97 Å². The molecule has 1 aliphatic rings. The van der Waals surface area contributed by atoms with Crippen LogP contribution in [0, 0.1) is 0 Å². The topological polar surface area (TPSA) is 71.8 Å². The summed E-state index contributed by atoms with van der Waals surface area (Å²) in [6, 6.07) is 13.5. The van der Waals surface area contributed by atoms with Gasteiger partial charge in [0.15, 0.2) is 0 Å². The minimum atomic E-state index is -0.262. The van der Waals surface area contributed by atoms with Crippen molar-refractivity contribution in [2.75, 3.05) is 13.7 Å². The largest absolute Gasteiger partial charge is 0.497 e. The highest BCUT2D eigenvalue weighted by Gasteiger charge is 2.21. The lowest BCUT2D eigenvalue weighted by atomic mass is 10.1. The summed E-state index contributed by atoms with van der Waals surface area (Å²) >= 11 is 0. The molecular formula is C23H24N2O5. The summed E-state index contributed by atoms with van der Waals surface area (Å²) in [7, 11) is 1.65. The zero-order valence-electron chi connectivity index (χ0n) is 16.8. The number of aromatic nitrogens is 2. The zero-order chi connectivity index (χ0) is 20.8. The molecular weight excluding hydrogens is 384 g/mol. The van der Waals surface area contributed by atoms with Gasteiger partial charge in [-0.25, -0.2) is 9.78 Å². The molecule has 0 radical (unpaired) electrons. The number of carbonyl (C=O) groups excluding carboxylic acids is 1. The normalized spacial score (nSPS) is 13.7. The van der Waals surface area contributed by atoms with Crippen molar-refractivity contribution in [1.82, 2.24) is 9.55 Å². The van der Waals surface area contributed by atoms with Gasteiger partial charge in [0.05, 0.1) is 51.5 Å². The molecule has 1 aliphatic heterocycles. The Bertz CT molecular complexity index is 970. The van der Waals surface area contributed by atoms with Crippen LogP contribution >= 0.6 is 0 Å². The molecule has 0 saturated carbocycles. The van der Waals surface area contributed by atoms with Gasteiger partial charge in [-0.05, 0) is 35.4 Å². The molecule has 0 fully saturated rings. The number of esters is 1. The fourth-order valence-corrected chi connectivity index (χ4v) is 3.30. The summed E-state index contributed by atoms with van der Waals surface area (Å²) in [6.07, 6.45) is 5.26. The molecule has 30 heavy (non-hydrogen) atoms. The van der Waals surface area contributed by atoms with Crippen molar-refractivity contribution in [2.24, 2.45) is 0 Å². The molecule has 0 N–H and O–H groups in total. The SMILES string of the molecule is COc1ccc(COCC(Cn2ccnc2)OCc2ccc3c(c2)COC3=O)cc1. The van der Waals surface area contributed by atoms with Gasteiger partial charge in [-0.3, -0.25) is 0 Å². The van der Waals surface area contributed by atoms with Crippen molar-refractivity contribution >= 4 is 5.97 Å². The number of carbonyl (C=O) groups is 1. The summed E-state index contributed by atoms with van der Waals surface area (Å²) in [5.41, 5.74) is 3.61. The van der Waals surface area contributed by atoms with E-state index in [1.165, 1.54) is 0 Å². The van der Waals surface area contributed by atoms with Crippen LogP contribution in [0.5, 0.6) is 5.75 Å². The second-order valence-electron chi connectivity index (χ2n) is 7.12. The van der Waals surface area contributed by atoms with Crippen LogP contribution in [0.3, 0.4) is 0 Å². The Morgan fingerprint density at radius 3 is 2.73 bits per heavy atom. The fraction of sp³-hybridized carbons (Fsp3) is 0.304. The Labute approximate surface area is 175 Å². The molecule has 1 aromatic heterocycles. The third kappa shape index (κ3) is 5.06. The molecule has 4 rings (SSSR count). The first-order valence-electron chi connectivity index (χ1n) is 9.78. The predicted molar refractivity (Wildman–Crippen MR) is 109 cm³/mol. The van der Waals surface area contributed by atoms with E-state index in [-0.39, 0.29) is 12.1 Å². The first kappa shape index (κ1) is 20.1. The fourth-order valence-electron chi connectivity index (χ4n) is 3.30. The molecule has 0 aliphatic carbocycles. The van der Waals surface area contributed by atoms with Crippen molar-refractivity contribution in [3.05, 3.63) is 83.4 Å². The Morgan fingerprint density at radius 1 is 1.13 bits per heavy atom. The van der Waals surface area contributed by atoms with Gasteiger partial charge in [-0.1, -0.05) is 18.2 Å². The van der Waals surface area contributed by atoms with Crippen molar-refractivity contribution in [2.45, 2.75) is 32.5 Å². The van der Waals surface area contributed by atoms with E-state index in [2.05, 4.69) is 4.98 Å². The van der Waals surface area contributed by atoms with Gasteiger partial charge in [0, 0.05) is 18.0 Å². The molecule has 156 valence electrons. The third-order valence-corrected chi connectivity index (χ3v) is 4.94. The lowest BCUT2D eigenvalue weighted by Crippen LogP contribution is -2.25. The molecule has 1 unspecified atom stereocenters. The second kappa shape index (κ2) is 9.56. The third-order valence-electron chi connectivity index (χ3n) is 4.94. The molecule has 7 nitrogen and oxygen atoms in total. The highest BCUT2D eigenvalue weighted by molar-refractivity contribution is 5.93. The lowest BCUT2D eigenvalue weighted by Gasteiger charge is -2.19. The summed E-state index contributed by atoms with van der Waals surface area (Å²) in [5.74, 6) is 0.559. The zero-order valence-corrected chi connectivity index (χ0v) is 16.8. The van der Waals surface area contributed by atoms with Crippen LogP contribution in [0.1, 0.15) is 27.0 Å². The Morgan fingerprint density at radius 2 is 1.97 bits per heavy atom. The number of hydrogen-bond donors (Lipinski definition) is 0. The molecule has 1 atom stereocenters. The van der Waals surface area contributed by atoms with Crippen molar-refractivity contribution in [1.29, 1.82) is 0 Å². The lowest BCUT2D eigenvalue weighted by molar-refractivity contribution is -0.0373. The number of rotatable bonds is 10. The van der Waals surface area contributed by atoms with Gasteiger partial charge in [0.2, 0.25) is 0 Å². The maximum Gasteiger partial charge on any atom is 0.338 e. The first-order chi connectivity index (χ1) is 14.7. The summed E-state index contributed by atoms with van der Waals surface area (Å²) in [5, 5.41) is 0. The van der Waals surface area contributed by atoms with Crippen LogP contribution in [0.15, 0.2) is 61.2 Å². The highest BCUT2D eigenvalue weighted by atomic mass is 16.5. The van der Waals surface area contributed by atoms with Crippen molar-refractivity contribution in [3.63, 3.8) is 0 Å². The van der Waals surface area contributed by atoms with E-state index in [0.717, 1.165) is 22.4 Å². The van der Waals surface area contributed by atoms with E-state index in [0.29, 0.717) is 38.5 Å². The maximum atomic E-state index is 11.6. The van der Waals surface area contributed by atoms with Crippen LogP contribution in [0.25, 0.3) is 0 Å². The number of hydrogen-bond acceptors (Lipinski definition) is 6. The van der Waals surface area contributed by atoms with E-state index < -0.39 is 0 Å². The molecule has 3 aromatic rings. The summed E-state index contributed by atoms with van der Waals surface area (Å²) in [4.78, 5) is 15.7. The Hall–Kier alpha value is -3.16. The first-order valence-corrected chi connectivity index (χ1v) is 9.78. The molecule has 7 heteroatoms. The van der Waals surface area contributed by atoms with Gasteiger partial charge in [-0.2, -0.15) is 0 Å². The highest BCUT2D eigenvalue weighted by Crippen LogP contribution is 2.21. The maximum absolute atomic E-state index is 11.6. The molecule has 2 heterocycles. The molecule has 0 spiro atoms. The van der Waals surface area contributed by atoms with Crippen LogP contribution in [0.4, 0.5) is 0 Å². The predicted octanol–water partition coefficient (Wildman–Crippen LogP) is 3.36. The number of imidazole rings is 1. The number of cyclic esters (lactones) is 1. The van der Waals surface area contributed by atoms with E-state index in [4.69, 9.17) is 18.9 Å². The average molecular weight is 408 g/mol. The van der Waals surface area contributed by atoms with Gasteiger partial charge in [-0.15, -0.1) is 0 Å². The van der Waals surface area contributed by atoms with Crippen LogP contribution in [-0.2, 0) is 40.6 Å². The van der Waals surface area contributed by atoms with Crippen molar-refractivity contribution < 1.29 is 23.7 Å². The van der Waals surface area contributed by atoms with Gasteiger partial charge < -0.3 is 23.5 Å². The molecule has 0 bridgehead atoms. The van der Waals surface area contributed by atoms with E-state index in [1.807, 2.05) is 47.2 Å². The van der Waals surface area contributed by atoms with E-state index >= 15 is 0 Å². The Kier molecular flexibility index (Phi) is 6.41. The molecule has 0 saturated heterocycles. The van der Waals surface area contributed by atoms with Crippen LogP contribution in [-0.4, -0.2) is 35.3 Å². The minimum absolute atomic E-state index is 0.149. The van der Waals surface area contributed by atoms with E-state index in [1.54, 1.807) is 25.7 Å². The number of methoxy groups -OCH3 is 1. The van der Waals surface area contributed by atoms with Gasteiger partial charge in [0.25, 0.3) is 0 Å². The number of fused-ring (bicyclic) bond motifs is 1. The summed E-state index contributed by atoms with van der Waals surface area (Å²) < 4.78 is 24.3. The van der Waals surface area contributed by atoms with Gasteiger partial charge in [0.1, 0.15) is 12.4 Å². The second-order valence-corrected chi connectivity index (χ2v) is 7.12. The molecule has 0 amide bonds. The molecule has 2 aromatic carbocycles.